The van der Waals surface area contributed by atoms with E-state index in [0.717, 1.165) is 81.4 Å². The monoisotopic (exact) mass is 802 g/mol. The van der Waals surface area contributed by atoms with Crippen molar-refractivity contribution in [2.24, 2.45) is 0 Å². The molecular formula is C43H79NO12. The summed E-state index contributed by atoms with van der Waals surface area (Å²) >= 11 is 0. The highest BCUT2D eigenvalue weighted by Crippen LogP contribution is 2.31. The van der Waals surface area contributed by atoms with Crippen molar-refractivity contribution in [3.05, 3.63) is 18.2 Å². The smallest absolute Gasteiger partial charge is 0.305 e. The number of carbonyl (C=O) groups is 1. The number of methoxy groups -OCH3 is 2. The van der Waals surface area contributed by atoms with Crippen LogP contribution in [0.1, 0.15) is 122 Å². The van der Waals surface area contributed by atoms with E-state index in [1.54, 1.807) is 14.2 Å². The van der Waals surface area contributed by atoms with Crippen molar-refractivity contribution in [1.82, 2.24) is 0 Å². The van der Waals surface area contributed by atoms with E-state index < -0.39 is 0 Å². The van der Waals surface area contributed by atoms with Crippen LogP contribution in [0.2, 0.25) is 0 Å². The Kier molecular flexibility index (Phi) is 37.9. The van der Waals surface area contributed by atoms with Gasteiger partial charge in [0.25, 0.3) is 0 Å². The molecule has 0 aromatic heterocycles. The molecule has 56 heavy (non-hydrogen) atoms. The van der Waals surface area contributed by atoms with Crippen LogP contribution in [0.25, 0.3) is 0 Å². The van der Waals surface area contributed by atoms with E-state index in [0.29, 0.717) is 92.1 Å². The van der Waals surface area contributed by atoms with E-state index in [9.17, 15) is 10.1 Å². The van der Waals surface area contributed by atoms with Gasteiger partial charge in [0.05, 0.1) is 78.8 Å². The second kappa shape index (κ2) is 40.9. The number of esters is 1. The molecule has 1 unspecified atom stereocenters. The molecule has 0 saturated heterocycles. The molecule has 0 amide bonds. The zero-order valence-corrected chi connectivity index (χ0v) is 35.4. The zero-order valence-electron chi connectivity index (χ0n) is 35.4. The molecule has 0 bridgehead atoms. The lowest BCUT2D eigenvalue weighted by Crippen LogP contribution is -2.15. The normalized spacial score (nSPS) is 11.9. The summed E-state index contributed by atoms with van der Waals surface area (Å²) in [4.78, 5) is 16.5. The maximum Gasteiger partial charge on any atom is 0.305 e. The predicted molar refractivity (Wildman–Crippen MR) is 220 cm³/mol. The summed E-state index contributed by atoms with van der Waals surface area (Å²) in [7, 11) is 5.20. The highest BCUT2D eigenvalue weighted by atomic mass is 17.1. The average molecular weight is 802 g/mol. The molecular weight excluding hydrogens is 722 g/mol. The van der Waals surface area contributed by atoms with Crippen LogP contribution >= 0.6 is 0 Å². The quantitative estimate of drug-likeness (QED) is 0.0282. The van der Waals surface area contributed by atoms with E-state index >= 15 is 0 Å². The maximum atomic E-state index is 11.9. The van der Waals surface area contributed by atoms with Crippen LogP contribution in [0.15, 0.2) is 18.2 Å². The van der Waals surface area contributed by atoms with Gasteiger partial charge in [0.2, 0.25) is 0 Å². The number of nitrogens with one attached hydrogen (secondary N) is 1. The fourth-order valence-corrected chi connectivity index (χ4v) is 5.91. The highest BCUT2D eigenvalue weighted by molar-refractivity contribution is 5.69. The molecule has 0 aliphatic rings. The van der Waals surface area contributed by atoms with Crippen LogP contribution in [0, 0.1) is 0 Å². The fraction of sp³-hybridized carbons (Fsp3) is 0.837. The summed E-state index contributed by atoms with van der Waals surface area (Å²) in [5.41, 5.74) is 1.01. The maximum absolute atomic E-state index is 11.9. The number of hydrogen-bond donors (Lipinski definition) is 2. The van der Waals surface area contributed by atoms with Gasteiger partial charge in [0.15, 0.2) is 11.5 Å². The number of carbonyl (C=O) groups excluding carboxylic acids is 1. The third kappa shape index (κ3) is 32.8. The largest absolute Gasteiger partial charge is 0.490 e. The Balaban J connectivity index is 2.01. The van der Waals surface area contributed by atoms with Gasteiger partial charge in [-0.3, -0.25) is 10.1 Å². The second-order valence-electron chi connectivity index (χ2n) is 14.0. The molecule has 1 aromatic carbocycles. The van der Waals surface area contributed by atoms with Gasteiger partial charge in [-0.05, 0) is 37.8 Å². The van der Waals surface area contributed by atoms with E-state index in [2.05, 4.69) is 10.2 Å². The number of anilines is 1. The molecule has 13 heteroatoms. The van der Waals surface area contributed by atoms with Crippen LogP contribution in [0.5, 0.6) is 11.5 Å². The van der Waals surface area contributed by atoms with E-state index in [-0.39, 0.29) is 18.7 Å². The SMILES string of the molecule is CNc1ccc(OCCCCCCCCCCC(=O)OCCOCCOCCOC)c(OCCCCCCCCCCC(CCOCCOCCOC)OO)c1. The lowest BCUT2D eigenvalue weighted by atomic mass is 10.0. The lowest BCUT2D eigenvalue weighted by Gasteiger charge is -2.14. The average Bonchev–Trinajstić information content (AvgIpc) is 3.21. The summed E-state index contributed by atoms with van der Waals surface area (Å²) < 4.78 is 49.0. The minimum atomic E-state index is -0.172. The summed E-state index contributed by atoms with van der Waals surface area (Å²) in [5.74, 6) is 1.46. The van der Waals surface area contributed by atoms with Crippen molar-refractivity contribution in [2.45, 2.75) is 128 Å². The first-order valence-electron chi connectivity index (χ1n) is 21.5. The first kappa shape index (κ1) is 51.8. The van der Waals surface area contributed by atoms with Gasteiger partial charge in [0.1, 0.15) is 6.61 Å². The topological polar surface area (TPSA) is 142 Å². The molecule has 13 nitrogen and oxygen atoms in total. The van der Waals surface area contributed by atoms with Crippen molar-refractivity contribution < 1.29 is 57.6 Å². The molecule has 1 aromatic rings. The molecule has 0 spiro atoms. The van der Waals surface area contributed by atoms with Gasteiger partial charge in [-0.15, -0.1) is 0 Å². The molecule has 1 atom stereocenters. The van der Waals surface area contributed by atoms with Crippen LogP contribution < -0.4 is 14.8 Å². The summed E-state index contributed by atoms with van der Waals surface area (Å²) in [6.45, 7) is 6.95. The molecule has 0 saturated carbocycles. The van der Waals surface area contributed by atoms with E-state index in [1.165, 1.54) is 44.9 Å². The highest BCUT2D eigenvalue weighted by Gasteiger charge is 2.10. The van der Waals surface area contributed by atoms with Crippen LogP contribution in [-0.2, 0) is 42.8 Å². The third-order valence-electron chi connectivity index (χ3n) is 9.27. The minimum absolute atomic E-state index is 0.148. The number of unbranched alkanes of at least 4 members (excludes halogenated alkanes) is 14. The molecule has 0 radical (unpaired) electrons. The third-order valence-corrected chi connectivity index (χ3v) is 9.27. The Bertz CT molecular complexity index is 988. The molecule has 0 aliphatic carbocycles. The Hall–Kier alpha value is -2.23. The Labute approximate surface area is 339 Å². The predicted octanol–water partition coefficient (Wildman–Crippen LogP) is 8.66. The van der Waals surface area contributed by atoms with Crippen molar-refractivity contribution in [3.8, 4) is 11.5 Å². The first-order chi connectivity index (χ1) is 27.6. The van der Waals surface area contributed by atoms with E-state index in [4.69, 9.17) is 42.6 Å². The second-order valence-corrected chi connectivity index (χ2v) is 14.0. The van der Waals surface area contributed by atoms with E-state index in [1.807, 2.05) is 25.2 Å². The molecule has 1 rings (SSSR count). The minimum Gasteiger partial charge on any atom is -0.490 e. The number of ether oxygens (including phenoxy) is 9. The number of hydrogen-bond acceptors (Lipinski definition) is 13. The Morgan fingerprint density at radius 1 is 0.536 bits per heavy atom. The molecule has 2 N–H and O–H groups in total. The van der Waals surface area contributed by atoms with Gasteiger partial charge < -0.3 is 47.9 Å². The van der Waals surface area contributed by atoms with Crippen molar-refractivity contribution in [3.63, 3.8) is 0 Å². The van der Waals surface area contributed by atoms with Crippen molar-refractivity contribution >= 4 is 11.7 Å². The zero-order chi connectivity index (χ0) is 40.4. The summed E-state index contributed by atoms with van der Waals surface area (Å²) in [6, 6.07) is 6.04. The summed E-state index contributed by atoms with van der Waals surface area (Å²) in [6.07, 6.45) is 19.8. The number of rotatable bonds is 44. The van der Waals surface area contributed by atoms with Crippen LogP contribution in [0.3, 0.4) is 0 Å². The molecule has 0 heterocycles. The van der Waals surface area contributed by atoms with Gasteiger partial charge in [-0.25, -0.2) is 4.89 Å². The van der Waals surface area contributed by atoms with Gasteiger partial charge in [0, 0.05) is 52.5 Å². The number of benzene rings is 1. The Morgan fingerprint density at radius 2 is 1.00 bits per heavy atom. The van der Waals surface area contributed by atoms with Crippen LogP contribution in [-0.4, -0.2) is 124 Å². The first-order valence-corrected chi connectivity index (χ1v) is 21.5. The van der Waals surface area contributed by atoms with Gasteiger partial charge in [-0.2, -0.15) is 0 Å². The van der Waals surface area contributed by atoms with Crippen molar-refractivity contribution in [2.75, 3.05) is 112 Å². The fourth-order valence-electron chi connectivity index (χ4n) is 5.91. The van der Waals surface area contributed by atoms with Gasteiger partial charge >= 0.3 is 5.97 Å². The lowest BCUT2D eigenvalue weighted by molar-refractivity contribution is -0.282. The summed E-state index contributed by atoms with van der Waals surface area (Å²) in [5, 5.41) is 12.4. The van der Waals surface area contributed by atoms with Crippen LogP contribution in [0.4, 0.5) is 5.69 Å². The molecule has 328 valence electrons. The standard InChI is InChI=1S/C43H79NO12/c1-44-39-22-23-41(53-25-18-14-10-7-5-9-13-17-21-43(45)55-37-36-52-35-34-51-31-29-48-3)42(38-39)54-26-19-15-11-6-4-8-12-16-20-40(56-46)24-27-49-32-33-50-30-28-47-2/h22-23,38,40,44,46H,4-21,24-37H2,1-3H3. The molecule has 0 aliphatic heterocycles. The molecule has 0 fully saturated rings. The van der Waals surface area contributed by atoms with Gasteiger partial charge in [-0.1, -0.05) is 83.5 Å². The van der Waals surface area contributed by atoms with Crippen molar-refractivity contribution in [1.29, 1.82) is 0 Å². The Morgan fingerprint density at radius 3 is 1.54 bits per heavy atom.